The van der Waals surface area contributed by atoms with Crippen LogP contribution in [0.2, 0.25) is 0 Å². The molecule has 0 saturated heterocycles. The molecule has 5 atom stereocenters. The summed E-state index contributed by atoms with van der Waals surface area (Å²) in [6.45, 7) is 3.28. The zero-order valence-electron chi connectivity index (χ0n) is 12.3. The van der Waals surface area contributed by atoms with Crippen LogP contribution in [0, 0.1) is 17.8 Å². The summed E-state index contributed by atoms with van der Waals surface area (Å²) in [5.41, 5.74) is 3.51. The maximum Gasteiger partial charge on any atom is 0.329 e. The molecule has 2 fully saturated rings. The Morgan fingerprint density at radius 1 is 1.38 bits per heavy atom. The van der Waals surface area contributed by atoms with Crippen molar-refractivity contribution in [3.8, 4) is 0 Å². The molecule has 2 aliphatic rings. The number of hydrogen-bond acceptors (Lipinski definition) is 4. The topological polar surface area (TPSA) is 130 Å². The van der Waals surface area contributed by atoms with Gasteiger partial charge in [-0.1, -0.05) is 13.3 Å². The van der Waals surface area contributed by atoms with Gasteiger partial charge < -0.3 is 21.3 Å². The van der Waals surface area contributed by atoms with Crippen LogP contribution in [0.3, 0.4) is 0 Å². The number of nitrogens with two attached hydrogens (primary N) is 1. The first-order valence-corrected chi connectivity index (χ1v) is 7.25. The number of nitrogens with one attached hydrogen (secondary N) is 1. The van der Waals surface area contributed by atoms with Gasteiger partial charge in [-0.2, -0.15) is 0 Å². The highest BCUT2D eigenvalue weighted by molar-refractivity contribution is 5.94. The highest BCUT2D eigenvalue weighted by Gasteiger charge is 2.70. The maximum atomic E-state index is 12.5. The van der Waals surface area contributed by atoms with E-state index < -0.39 is 34.8 Å². The number of carboxylic acids is 2. The Morgan fingerprint density at radius 2 is 2.00 bits per heavy atom. The Labute approximate surface area is 122 Å². The molecular formula is C14H22N2O5. The van der Waals surface area contributed by atoms with Crippen LogP contribution in [0.1, 0.15) is 39.5 Å². The fraction of sp³-hybridized carbons (Fsp3) is 0.786. The van der Waals surface area contributed by atoms with Crippen LogP contribution in [0.15, 0.2) is 0 Å². The second kappa shape index (κ2) is 4.98. The lowest BCUT2D eigenvalue weighted by molar-refractivity contribution is -0.148. The molecule has 0 bridgehead atoms. The van der Waals surface area contributed by atoms with Crippen LogP contribution in [0.4, 0.5) is 0 Å². The van der Waals surface area contributed by atoms with E-state index in [1.165, 1.54) is 6.92 Å². The summed E-state index contributed by atoms with van der Waals surface area (Å²) in [5, 5.41) is 20.9. The number of rotatable bonds is 6. The van der Waals surface area contributed by atoms with Crippen molar-refractivity contribution in [2.45, 2.75) is 50.6 Å². The van der Waals surface area contributed by atoms with Crippen LogP contribution in [0.25, 0.3) is 0 Å². The zero-order valence-corrected chi connectivity index (χ0v) is 12.3. The molecule has 2 rings (SSSR count). The predicted molar refractivity (Wildman–Crippen MR) is 73.3 cm³/mol. The van der Waals surface area contributed by atoms with Crippen molar-refractivity contribution >= 4 is 17.8 Å². The van der Waals surface area contributed by atoms with Gasteiger partial charge in [0, 0.05) is 5.92 Å². The number of carboxylic acid groups (broad SMARTS) is 2. The van der Waals surface area contributed by atoms with E-state index in [2.05, 4.69) is 5.32 Å². The molecule has 7 heteroatoms. The highest BCUT2D eigenvalue weighted by Crippen LogP contribution is 2.61. The number of aliphatic carboxylic acids is 2. The molecule has 2 aliphatic carbocycles. The Hall–Kier alpha value is -1.63. The first kappa shape index (κ1) is 15.8. The Morgan fingerprint density at radius 3 is 2.43 bits per heavy atom. The SMILES string of the molecule is CCCC(C)(NC(=O)[C@]1(N)CC[C@H]2[C@H](C(=O)O)[C@H]21)C(=O)O. The summed E-state index contributed by atoms with van der Waals surface area (Å²) in [4.78, 5) is 35.0. The molecule has 1 unspecified atom stereocenters. The summed E-state index contributed by atoms with van der Waals surface area (Å²) in [6.07, 6.45) is 1.90. The van der Waals surface area contributed by atoms with Gasteiger partial charge in [0.25, 0.3) is 0 Å². The molecule has 5 N–H and O–H groups in total. The van der Waals surface area contributed by atoms with Gasteiger partial charge >= 0.3 is 11.9 Å². The van der Waals surface area contributed by atoms with Crippen LogP contribution in [0.5, 0.6) is 0 Å². The quantitative estimate of drug-likeness (QED) is 0.553. The summed E-state index contributed by atoms with van der Waals surface area (Å²) < 4.78 is 0. The van der Waals surface area contributed by atoms with Crippen molar-refractivity contribution in [2.24, 2.45) is 23.5 Å². The van der Waals surface area contributed by atoms with E-state index in [1.807, 2.05) is 6.92 Å². The van der Waals surface area contributed by atoms with E-state index in [-0.39, 0.29) is 11.8 Å². The summed E-state index contributed by atoms with van der Waals surface area (Å²) in [5.74, 6) is -3.59. The number of hydrogen-bond donors (Lipinski definition) is 4. The minimum atomic E-state index is -1.37. The number of carbonyl (C=O) groups is 3. The predicted octanol–water partition coefficient (Wildman–Crippen LogP) is 0.184. The lowest BCUT2D eigenvalue weighted by Crippen LogP contribution is -2.62. The lowest BCUT2D eigenvalue weighted by atomic mass is 9.88. The third-order valence-electron chi connectivity index (χ3n) is 4.97. The van der Waals surface area contributed by atoms with Gasteiger partial charge in [-0.05, 0) is 32.1 Å². The molecule has 0 radical (unpaired) electrons. The zero-order chi connectivity index (χ0) is 16.0. The van der Waals surface area contributed by atoms with Crippen molar-refractivity contribution in [3.05, 3.63) is 0 Å². The van der Waals surface area contributed by atoms with Gasteiger partial charge in [0.2, 0.25) is 5.91 Å². The molecule has 0 aromatic carbocycles. The van der Waals surface area contributed by atoms with E-state index in [0.717, 1.165) is 0 Å². The maximum absolute atomic E-state index is 12.5. The average molecular weight is 298 g/mol. The molecule has 7 nitrogen and oxygen atoms in total. The van der Waals surface area contributed by atoms with Crippen LogP contribution >= 0.6 is 0 Å². The first-order chi connectivity index (χ1) is 9.67. The molecule has 0 aliphatic heterocycles. The first-order valence-electron chi connectivity index (χ1n) is 7.25. The van der Waals surface area contributed by atoms with Gasteiger partial charge in [0.05, 0.1) is 11.5 Å². The molecule has 0 aromatic heterocycles. The average Bonchev–Trinajstić information content (AvgIpc) is 3.02. The smallest absolute Gasteiger partial charge is 0.329 e. The molecule has 2 saturated carbocycles. The Kier molecular flexibility index (Phi) is 3.73. The van der Waals surface area contributed by atoms with E-state index >= 15 is 0 Å². The van der Waals surface area contributed by atoms with Crippen LogP contribution in [-0.4, -0.2) is 39.1 Å². The van der Waals surface area contributed by atoms with E-state index in [4.69, 9.17) is 10.8 Å². The van der Waals surface area contributed by atoms with E-state index in [0.29, 0.717) is 25.7 Å². The number of amides is 1. The van der Waals surface area contributed by atoms with Crippen molar-refractivity contribution < 1.29 is 24.6 Å². The van der Waals surface area contributed by atoms with E-state index in [9.17, 15) is 19.5 Å². The van der Waals surface area contributed by atoms with Gasteiger partial charge in [0.15, 0.2) is 0 Å². The Balaban J connectivity index is 2.13. The third kappa shape index (κ3) is 2.39. The number of carbonyl (C=O) groups excluding carboxylic acids is 1. The normalized spacial score (nSPS) is 36.4. The van der Waals surface area contributed by atoms with Crippen molar-refractivity contribution in [2.75, 3.05) is 0 Å². The highest BCUT2D eigenvalue weighted by atomic mass is 16.4. The minimum Gasteiger partial charge on any atom is -0.481 e. The molecule has 118 valence electrons. The number of fused-ring (bicyclic) bond motifs is 1. The lowest BCUT2D eigenvalue weighted by Gasteiger charge is -2.32. The fourth-order valence-electron chi connectivity index (χ4n) is 3.70. The molecule has 0 aromatic rings. The minimum absolute atomic E-state index is 0.0551. The third-order valence-corrected chi connectivity index (χ3v) is 4.97. The molecule has 1 amide bonds. The monoisotopic (exact) mass is 298 g/mol. The summed E-state index contributed by atoms with van der Waals surface area (Å²) in [6, 6.07) is 0. The molecule has 21 heavy (non-hydrogen) atoms. The van der Waals surface area contributed by atoms with Crippen molar-refractivity contribution in [1.82, 2.24) is 5.32 Å². The molecule has 0 heterocycles. The standard InChI is InChI=1S/C14H22N2O5/c1-3-5-13(2,12(20)21)16-11(19)14(15)6-4-7-8(9(7)14)10(17)18/h7-9H,3-6,15H2,1-2H3,(H,16,19)(H,17,18)(H,20,21)/t7-,8-,9-,13?,14-/m0/s1. The molecule has 0 spiro atoms. The second-order valence-corrected chi connectivity index (χ2v) is 6.47. The summed E-state index contributed by atoms with van der Waals surface area (Å²) in [7, 11) is 0. The van der Waals surface area contributed by atoms with Crippen LogP contribution in [-0.2, 0) is 14.4 Å². The van der Waals surface area contributed by atoms with Crippen molar-refractivity contribution in [3.63, 3.8) is 0 Å². The molecular weight excluding hydrogens is 276 g/mol. The van der Waals surface area contributed by atoms with Gasteiger partial charge in [-0.15, -0.1) is 0 Å². The Bertz CT molecular complexity index is 494. The van der Waals surface area contributed by atoms with Crippen LogP contribution < -0.4 is 11.1 Å². The van der Waals surface area contributed by atoms with E-state index in [1.54, 1.807) is 0 Å². The second-order valence-electron chi connectivity index (χ2n) is 6.47. The van der Waals surface area contributed by atoms with Crippen molar-refractivity contribution in [1.29, 1.82) is 0 Å². The largest absolute Gasteiger partial charge is 0.481 e. The van der Waals surface area contributed by atoms with Gasteiger partial charge in [-0.25, -0.2) is 4.79 Å². The fourth-order valence-corrected chi connectivity index (χ4v) is 3.70. The van der Waals surface area contributed by atoms with Gasteiger partial charge in [0.1, 0.15) is 5.54 Å². The summed E-state index contributed by atoms with van der Waals surface area (Å²) >= 11 is 0. The van der Waals surface area contributed by atoms with Gasteiger partial charge in [-0.3, -0.25) is 9.59 Å².